The van der Waals surface area contributed by atoms with E-state index in [9.17, 15) is 0 Å². The molecule has 0 amide bonds. The molecule has 1 spiro atoms. The van der Waals surface area contributed by atoms with Gasteiger partial charge in [0.2, 0.25) is 0 Å². The van der Waals surface area contributed by atoms with Crippen molar-refractivity contribution in [2.75, 3.05) is 0 Å². The Hall–Kier alpha value is -2.48. The van der Waals surface area contributed by atoms with Crippen LogP contribution in [0.3, 0.4) is 0 Å². The first kappa shape index (κ1) is 26.7. The Morgan fingerprint density at radius 1 is 0.513 bits per heavy atom. The molecule has 0 aromatic heterocycles. The van der Waals surface area contributed by atoms with E-state index in [1.807, 2.05) is 0 Å². The molecule has 4 nitrogen and oxygen atoms in total. The predicted octanol–water partition coefficient (Wildman–Crippen LogP) is 7.40. The summed E-state index contributed by atoms with van der Waals surface area (Å²) in [5, 5.41) is 0. The molecular formula is C32H42N4S2Si. The SMILES string of the molecule is CC(C)N1C(c2ccccc2)=[N+](C(C)C)[Si-2]123(Sc1ccccc1S2)N(C(C)C)C(c1ccccc1)=[N+]3C(C)C. The first-order valence-corrected chi connectivity index (χ1v) is 20.3. The first-order valence-electron chi connectivity index (χ1n) is 14.4. The number of benzene rings is 3. The Bertz CT molecular complexity index is 1410. The molecule has 39 heavy (non-hydrogen) atoms. The Morgan fingerprint density at radius 2 is 0.846 bits per heavy atom. The van der Waals surface area contributed by atoms with Crippen molar-refractivity contribution in [1.29, 1.82) is 0 Å². The summed E-state index contributed by atoms with van der Waals surface area (Å²) in [4.78, 5) is 2.80. The van der Waals surface area contributed by atoms with Crippen molar-refractivity contribution in [2.24, 2.45) is 0 Å². The maximum atomic E-state index is 2.91. The quantitative estimate of drug-likeness (QED) is 0.284. The predicted molar refractivity (Wildman–Crippen MR) is 170 cm³/mol. The second-order valence-electron chi connectivity index (χ2n) is 12.3. The molecule has 0 atom stereocenters. The molecule has 0 radical (unpaired) electrons. The first-order chi connectivity index (χ1) is 18.6. The fourth-order valence-electron chi connectivity index (χ4n) is 8.21. The van der Waals surface area contributed by atoms with Crippen LogP contribution >= 0.6 is 22.4 Å². The summed E-state index contributed by atoms with van der Waals surface area (Å²) in [7, 11) is 0. The zero-order valence-electron chi connectivity index (χ0n) is 24.5. The van der Waals surface area contributed by atoms with Crippen LogP contribution in [0.5, 0.6) is 0 Å². The molecule has 206 valence electrons. The van der Waals surface area contributed by atoms with Gasteiger partial charge >= 0.3 is 243 Å². The van der Waals surface area contributed by atoms with Gasteiger partial charge in [0.1, 0.15) is 0 Å². The molecule has 0 saturated heterocycles. The van der Waals surface area contributed by atoms with E-state index in [2.05, 4.69) is 180 Å². The average molecular weight is 575 g/mol. The second-order valence-corrected chi connectivity index (χ2v) is 25.9. The van der Waals surface area contributed by atoms with Crippen molar-refractivity contribution in [3.63, 3.8) is 0 Å². The summed E-state index contributed by atoms with van der Waals surface area (Å²) in [5.41, 5.74) is -1.79. The van der Waals surface area contributed by atoms with Gasteiger partial charge < -0.3 is 0 Å². The number of fused-ring (bicyclic) bond motifs is 1. The molecular weight excluding hydrogens is 533 g/mol. The molecule has 0 saturated carbocycles. The molecule has 0 unspecified atom stereocenters. The topological polar surface area (TPSA) is 12.5 Å². The van der Waals surface area contributed by atoms with Gasteiger partial charge in [-0.05, 0) is 0 Å². The average Bonchev–Trinajstić information content (AvgIpc) is 3.23. The van der Waals surface area contributed by atoms with Crippen molar-refractivity contribution in [3.05, 3.63) is 96.1 Å². The van der Waals surface area contributed by atoms with Crippen LogP contribution in [0.4, 0.5) is 0 Å². The molecule has 0 N–H and O–H groups in total. The molecule has 3 heterocycles. The van der Waals surface area contributed by atoms with E-state index in [1.54, 1.807) is 0 Å². The zero-order valence-corrected chi connectivity index (χ0v) is 27.1. The van der Waals surface area contributed by atoms with E-state index >= 15 is 0 Å². The normalized spacial score (nSPS) is 22.3. The van der Waals surface area contributed by atoms with Crippen molar-refractivity contribution in [3.8, 4) is 0 Å². The minimum absolute atomic E-state index is 0.300. The summed E-state index contributed by atoms with van der Waals surface area (Å²) >= 11 is 4.37. The van der Waals surface area contributed by atoms with Gasteiger partial charge in [0.15, 0.2) is 0 Å². The molecule has 3 aliphatic heterocycles. The van der Waals surface area contributed by atoms with Gasteiger partial charge in [0.05, 0.1) is 0 Å². The van der Waals surface area contributed by atoms with E-state index in [0.29, 0.717) is 24.2 Å². The summed E-state index contributed by atoms with van der Waals surface area (Å²) < 4.78 is 11.6. The molecule has 7 heteroatoms. The molecule has 3 aliphatic rings. The third-order valence-corrected chi connectivity index (χ3v) is 28.1. The van der Waals surface area contributed by atoms with Crippen molar-refractivity contribution >= 4 is 39.7 Å². The van der Waals surface area contributed by atoms with Crippen LogP contribution < -0.4 is 0 Å². The summed E-state index contributed by atoms with van der Waals surface area (Å²) in [6, 6.07) is 32.5. The van der Waals surface area contributed by atoms with Crippen LogP contribution in [0.1, 0.15) is 66.5 Å². The van der Waals surface area contributed by atoms with Gasteiger partial charge in [-0.1, -0.05) is 0 Å². The van der Waals surface area contributed by atoms with E-state index in [-0.39, 0.29) is 0 Å². The van der Waals surface area contributed by atoms with Gasteiger partial charge in [-0.2, -0.15) is 0 Å². The van der Waals surface area contributed by atoms with Crippen LogP contribution in [0.2, 0.25) is 0 Å². The standard InChI is InChI=1S/C32H42N4S2Si/c1-23(2)33-31(27-17-11-9-12-18-27)34(24(3)4)39(33,37-29-21-15-16-22-30(29)38-39)35(25(5)6)32(36(39)26(7)8)28-19-13-10-14-20-28/h9-26H,1-8H3. The van der Waals surface area contributed by atoms with E-state index < -0.39 is 5.57 Å². The van der Waals surface area contributed by atoms with E-state index in [0.717, 1.165) is 0 Å². The van der Waals surface area contributed by atoms with Gasteiger partial charge in [0.25, 0.3) is 0 Å². The van der Waals surface area contributed by atoms with Crippen LogP contribution in [0, 0.1) is 0 Å². The number of hydrogen-bond donors (Lipinski definition) is 0. The van der Waals surface area contributed by atoms with Crippen LogP contribution in [-0.2, 0) is 0 Å². The zero-order chi connectivity index (χ0) is 27.8. The van der Waals surface area contributed by atoms with E-state index in [1.165, 1.54) is 32.6 Å². The number of amidine groups is 2. The van der Waals surface area contributed by atoms with Crippen LogP contribution in [0.15, 0.2) is 94.7 Å². The van der Waals surface area contributed by atoms with Gasteiger partial charge in [0, 0.05) is 0 Å². The van der Waals surface area contributed by atoms with Crippen molar-refractivity contribution in [2.45, 2.75) is 89.3 Å². The number of rotatable bonds is 6. The molecule has 0 fully saturated rings. The summed E-state index contributed by atoms with van der Waals surface area (Å²) in [6.07, 6.45) is 0. The van der Waals surface area contributed by atoms with Crippen molar-refractivity contribution in [1.82, 2.24) is 9.13 Å². The maximum absolute atomic E-state index is 4.39. The van der Waals surface area contributed by atoms with Gasteiger partial charge in [-0.3, -0.25) is 0 Å². The second kappa shape index (κ2) is 8.51. The van der Waals surface area contributed by atoms with Gasteiger partial charge in [-0.25, -0.2) is 0 Å². The Morgan fingerprint density at radius 3 is 1.15 bits per heavy atom. The third kappa shape index (κ3) is 2.84. The summed E-state index contributed by atoms with van der Waals surface area (Å²) in [5.74, 6) is 2.72. The van der Waals surface area contributed by atoms with Crippen molar-refractivity contribution < 1.29 is 8.48 Å². The molecule has 3 aromatic rings. The molecule has 3 aromatic carbocycles. The molecule has 6 rings (SSSR count). The Labute approximate surface area is 241 Å². The van der Waals surface area contributed by atoms with E-state index in [4.69, 9.17) is 0 Å². The van der Waals surface area contributed by atoms with Crippen LogP contribution in [0.25, 0.3) is 0 Å². The number of nitrogens with zero attached hydrogens (tertiary/aromatic N) is 4. The number of hydrogen-bond acceptors (Lipinski definition) is 4. The molecule has 0 bridgehead atoms. The fraction of sp³-hybridized carbons (Fsp3) is 0.375. The third-order valence-electron chi connectivity index (χ3n) is 8.64. The fourth-order valence-corrected chi connectivity index (χ4v) is 35.3. The van der Waals surface area contributed by atoms with Gasteiger partial charge in [-0.15, -0.1) is 0 Å². The Kier molecular flexibility index (Phi) is 5.83. The Balaban J connectivity index is 1.87. The summed E-state index contributed by atoms with van der Waals surface area (Å²) in [6.45, 7) is 19.2. The molecule has 0 aliphatic carbocycles. The minimum atomic E-state index is -4.39. The van der Waals surface area contributed by atoms with Crippen LogP contribution in [-0.4, -0.2) is 59.0 Å². The monoisotopic (exact) mass is 574 g/mol.